The summed E-state index contributed by atoms with van der Waals surface area (Å²) in [5.74, 6) is 0.658. The first-order valence-electron chi connectivity index (χ1n) is 8.41. The highest BCUT2D eigenvalue weighted by atomic mass is 32.2. The summed E-state index contributed by atoms with van der Waals surface area (Å²) in [5.41, 5.74) is 4.47. The summed E-state index contributed by atoms with van der Waals surface area (Å²) in [6, 6.07) is 15.2. The van der Waals surface area contributed by atoms with Crippen LogP contribution >= 0.6 is 0 Å². The molecule has 0 saturated heterocycles. The van der Waals surface area contributed by atoms with E-state index < -0.39 is 10.0 Å². The predicted molar refractivity (Wildman–Crippen MR) is 98.0 cm³/mol. The number of hydrogen-bond donors (Lipinski definition) is 3. The number of aromatic nitrogens is 1. The third kappa shape index (κ3) is 3.20. The van der Waals surface area contributed by atoms with E-state index in [0.717, 1.165) is 16.6 Å². The molecule has 0 bridgehead atoms. The zero-order chi connectivity index (χ0) is 17.4. The fourth-order valence-corrected chi connectivity index (χ4v) is 4.14. The summed E-state index contributed by atoms with van der Waals surface area (Å²) in [5, 5.41) is 9.95. The van der Waals surface area contributed by atoms with Gasteiger partial charge in [0.25, 0.3) is 0 Å². The number of benzene rings is 2. The van der Waals surface area contributed by atoms with Gasteiger partial charge in [0.05, 0.1) is 11.5 Å². The molecule has 2 aromatic carbocycles. The molecule has 0 radical (unpaired) electrons. The van der Waals surface area contributed by atoms with Crippen molar-refractivity contribution >= 4 is 20.9 Å². The molecule has 1 fully saturated rings. The van der Waals surface area contributed by atoms with E-state index in [1.165, 1.54) is 23.9 Å². The average Bonchev–Trinajstić information content (AvgIpc) is 3.38. The second-order valence-corrected chi connectivity index (χ2v) is 8.18. The Morgan fingerprint density at radius 1 is 1.12 bits per heavy atom. The van der Waals surface area contributed by atoms with Crippen molar-refractivity contribution in [3.63, 3.8) is 0 Å². The summed E-state index contributed by atoms with van der Waals surface area (Å²) >= 11 is 0. The highest BCUT2D eigenvalue weighted by molar-refractivity contribution is 7.89. The summed E-state index contributed by atoms with van der Waals surface area (Å²) in [6.07, 6.45) is 2.49. The van der Waals surface area contributed by atoms with E-state index in [2.05, 4.69) is 27.9 Å². The Labute approximate surface area is 146 Å². The van der Waals surface area contributed by atoms with Gasteiger partial charge < -0.3 is 10.1 Å². The molecule has 0 atom stereocenters. The molecule has 1 aliphatic rings. The lowest BCUT2D eigenvalue weighted by atomic mass is 10.0. The van der Waals surface area contributed by atoms with Gasteiger partial charge in [0.15, 0.2) is 0 Å². The van der Waals surface area contributed by atoms with E-state index in [4.69, 9.17) is 5.11 Å². The Balaban J connectivity index is 1.69. The highest BCUT2D eigenvalue weighted by Gasteiger charge is 2.25. The van der Waals surface area contributed by atoms with Crippen LogP contribution in [0.1, 0.15) is 24.5 Å². The monoisotopic (exact) mass is 356 g/mol. The van der Waals surface area contributed by atoms with Crippen LogP contribution in [0.2, 0.25) is 0 Å². The van der Waals surface area contributed by atoms with E-state index in [9.17, 15) is 8.42 Å². The van der Waals surface area contributed by atoms with Crippen LogP contribution in [0.15, 0.2) is 53.4 Å². The molecule has 1 saturated carbocycles. The molecule has 5 nitrogen and oxygen atoms in total. The molecule has 4 rings (SSSR count). The molecule has 25 heavy (non-hydrogen) atoms. The topological polar surface area (TPSA) is 82.2 Å². The molecule has 0 unspecified atom stereocenters. The van der Waals surface area contributed by atoms with Crippen LogP contribution in [-0.4, -0.2) is 31.7 Å². The molecule has 1 heterocycles. The van der Waals surface area contributed by atoms with Gasteiger partial charge in [0, 0.05) is 23.1 Å². The SMILES string of the molecule is O=S(=O)(NCCO)c1ccc(-c2cccc3[nH]c(C4CC4)cc23)cc1. The van der Waals surface area contributed by atoms with Gasteiger partial charge in [0.2, 0.25) is 10.0 Å². The Kier molecular flexibility index (Phi) is 4.11. The lowest BCUT2D eigenvalue weighted by molar-refractivity contribution is 0.301. The Morgan fingerprint density at radius 2 is 1.88 bits per heavy atom. The zero-order valence-electron chi connectivity index (χ0n) is 13.7. The van der Waals surface area contributed by atoms with Gasteiger partial charge in [-0.25, -0.2) is 13.1 Å². The molecule has 3 N–H and O–H groups in total. The van der Waals surface area contributed by atoms with Crippen LogP contribution < -0.4 is 4.72 Å². The smallest absolute Gasteiger partial charge is 0.240 e. The van der Waals surface area contributed by atoms with Crippen LogP contribution in [-0.2, 0) is 10.0 Å². The van der Waals surface area contributed by atoms with Crippen molar-refractivity contribution in [1.82, 2.24) is 9.71 Å². The van der Waals surface area contributed by atoms with Crippen molar-refractivity contribution in [2.24, 2.45) is 0 Å². The molecule has 3 aromatic rings. The Hall–Kier alpha value is -2.15. The largest absolute Gasteiger partial charge is 0.395 e. The molecule has 130 valence electrons. The van der Waals surface area contributed by atoms with E-state index in [0.29, 0.717) is 5.92 Å². The lowest BCUT2D eigenvalue weighted by Crippen LogP contribution is -2.26. The maximum Gasteiger partial charge on any atom is 0.240 e. The molecular weight excluding hydrogens is 336 g/mol. The fourth-order valence-electron chi connectivity index (χ4n) is 3.12. The minimum Gasteiger partial charge on any atom is -0.395 e. The number of nitrogens with one attached hydrogen (secondary N) is 2. The average molecular weight is 356 g/mol. The first-order chi connectivity index (χ1) is 12.1. The first-order valence-corrected chi connectivity index (χ1v) is 9.89. The number of aliphatic hydroxyl groups is 1. The van der Waals surface area contributed by atoms with Gasteiger partial charge in [-0.3, -0.25) is 0 Å². The number of aromatic amines is 1. The molecule has 0 aliphatic heterocycles. The van der Waals surface area contributed by atoms with Gasteiger partial charge in [0.1, 0.15) is 0 Å². The Morgan fingerprint density at radius 3 is 2.56 bits per heavy atom. The number of fused-ring (bicyclic) bond motifs is 1. The second kappa shape index (κ2) is 6.29. The minimum absolute atomic E-state index is 0.0106. The summed E-state index contributed by atoms with van der Waals surface area (Å²) in [6.45, 7) is -0.215. The fraction of sp³-hybridized carbons (Fsp3) is 0.263. The predicted octanol–water partition coefficient (Wildman–Crippen LogP) is 2.98. The maximum absolute atomic E-state index is 12.1. The minimum atomic E-state index is -3.58. The lowest BCUT2D eigenvalue weighted by Gasteiger charge is -2.07. The van der Waals surface area contributed by atoms with Crippen molar-refractivity contribution in [1.29, 1.82) is 0 Å². The van der Waals surface area contributed by atoms with Crippen LogP contribution in [0.3, 0.4) is 0 Å². The van der Waals surface area contributed by atoms with Crippen LogP contribution in [0.4, 0.5) is 0 Å². The van der Waals surface area contributed by atoms with Gasteiger partial charge in [-0.05, 0) is 54.2 Å². The van der Waals surface area contributed by atoms with E-state index in [-0.39, 0.29) is 18.0 Å². The van der Waals surface area contributed by atoms with Gasteiger partial charge in [-0.2, -0.15) is 0 Å². The number of hydrogen-bond acceptors (Lipinski definition) is 3. The maximum atomic E-state index is 12.1. The molecule has 6 heteroatoms. The third-order valence-electron chi connectivity index (χ3n) is 4.58. The van der Waals surface area contributed by atoms with Gasteiger partial charge in [-0.1, -0.05) is 24.3 Å². The van der Waals surface area contributed by atoms with Crippen LogP contribution in [0.25, 0.3) is 22.0 Å². The van der Waals surface area contributed by atoms with E-state index in [1.54, 1.807) is 12.1 Å². The van der Waals surface area contributed by atoms with E-state index in [1.807, 2.05) is 18.2 Å². The van der Waals surface area contributed by atoms with Gasteiger partial charge >= 0.3 is 0 Å². The van der Waals surface area contributed by atoms with Crippen molar-refractivity contribution in [3.8, 4) is 11.1 Å². The quantitative estimate of drug-likeness (QED) is 0.635. The normalized spacial score (nSPS) is 14.9. The number of sulfonamides is 1. The number of rotatable bonds is 6. The third-order valence-corrected chi connectivity index (χ3v) is 6.06. The highest BCUT2D eigenvalue weighted by Crippen LogP contribution is 2.42. The van der Waals surface area contributed by atoms with Crippen LogP contribution in [0, 0.1) is 0 Å². The number of H-pyrrole nitrogens is 1. The zero-order valence-corrected chi connectivity index (χ0v) is 14.5. The summed E-state index contributed by atoms with van der Waals surface area (Å²) < 4.78 is 26.6. The summed E-state index contributed by atoms with van der Waals surface area (Å²) in [4.78, 5) is 3.70. The standard InChI is InChI=1S/C19H20N2O3S/c22-11-10-20-25(23,24)15-8-6-13(7-9-15)16-2-1-3-18-17(16)12-19(21-18)14-4-5-14/h1-3,6-9,12,14,20-22H,4-5,10-11H2. The van der Waals surface area contributed by atoms with Crippen molar-refractivity contribution in [3.05, 3.63) is 54.2 Å². The molecule has 1 aromatic heterocycles. The van der Waals surface area contributed by atoms with Gasteiger partial charge in [-0.15, -0.1) is 0 Å². The second-order valence-electron chi connectivity index (χ2n) is 6.41. The molecular formula is C19H20N2O3S. The Bertz CT molecular complexity index is 1000. The van der Waals surface area contributed by atoms with Crippen molar-refractivity contribution in [2.75, 3.05) is 13.2 Å². The molecule has 0 amide bonds. The van der Waals surface area contributed by atoms with Crippen LogP contribution in [0.5, 0.6) is 0 Å². The van der Waals surface area contributed by atoms with E-state index >= 15 is 0 Å². The first kappa shape index (κ1) is 16.3. The van der Waals surface area contributed by atoms with Crippen molar-refractivity contribution in [2.45, 2.75) is 23.7 Å². The number of aliphatic hydroxyl groups excluding tert-OH is 1. The molecule has 0 spiro atoms. The summed E-state index contributed by atoms with van der Waals surface area (Å²) in [7, 11) is -3.58. The van der Waals surface area contributed by atoms with Crippen molar-refractivity contribution < 1.29 is 13.5 Å². The molecule has 1 aliphatic carbocycles.